The molecule has 2 aromatic carbocycles. The van der Waals surface area contributed by atoms with Crippen molar-refractivity contribution in [2.24, 2.45) is 17.3 Å². The lowest BCUT2D eigenvalue weighted by molar-refractivity contribution is 0.0702. The molecule has 0 heterocycles. The number of rotatable bonds is 5. The van der Waals surface area contributed by atoms with Gasteiger partial charge < -0.3 is 15.3 Å². The summed E-state index contributed by atoms with van der Waals surface area (Å²) in [6, 6.07) is 10.8. The number of phenols is 1. The van der Waals surface area contributed by atoms with E-state index in [1.54, 1.807) is 31.4 Å². The topological polar surface area (TPSA) is 87.7 Å². The molecule has 1 saturated carbocycles. The number of fused-ring (bicyclic) bond motifs is 5. The maximum absolute atomic E-state index is 12.8. The van der Waals surface area contributed by atoms with Crippen LogP contribution in [-0.4, -0.2) is 20.6 Å². The molecule has 2 aromatic rings. The molecule has 4 atom stereocenters. The molecule has 0 amide bonds. The van der Waals surface area contributed by atoms with Crippen LogP contribution in [0.25, 0.3) is 0 Å². The summed E-state index contributed by atoms with van der Waals surface area (Å²) in [5.41, 5.74) is 7.54. The Morgan fingerprint density at radius 1 is 1.15 bits per heavy atom. The van der Waals surface area contributed by atoms with Crippen LogP contribution in [0.5, 0.6) is 11.5 Å². The van der Waals surface area contributed by atoms with Crippen LogP contribution in [0, 0.1) is 24.2 Å². The van der Waals surface area contributed by atoms with E-state index >= 15 is 0 Å². The zero-order valence-electron chi connectivity index (χ0n) is 19.4. The smallest absolute Gasteiger partial charge is 0.257 e. The van der Waals surface area contributed by atoms with Crippen molar-refractivity contribution < 1.29 is 18.3 Å². The Bertz CT molecular complexity index is 1210. The van der Waals surface area contributed by atoms with Crippen LogP contribution in [0.2, 0.25) is 0 Å². The summed E-state index contributed by atoms with van der Waals surface area (Å²) in [7, 11) is -2.05. The van der Waals surface area contributed by atoms with Crippen molar-refractivity contribution in [3.8, 4) is 11.5 Å². The van der Waals surface area contributed by atoms with E-state index in [9.17, 15) is 13.5 Å². The Hall–Kier alpha value is -2.51. The van der Waals surface area contributed by atoms with Crippen molar-refractivity contribution in [2.75, 3.05) is 7.11 Å². The summed E-state index contributed by atoms with van der Waals surface area (Å²) in [4.78, 5) is 2.87. The number of methoxy groups -OCH3 is 1. The fraction of sp³-hybridized carbons (Fsp3) is 0.462. The van der Waals surface area contributed by atoms with Crippen LogP contribution >= 0.6 is 0 Å². The first-order chi connectivity index (χ1) is 15.7. The minimum Gasteiger partial charge on any atom is -0.504 e. The van der Waals surface area contributed by atoms with Crippen molar-refractivity contribution in [3.63, 3.8) is 0 Å². The summed E-state index contributed by atoms with van der Waals surface area (Å²) in [6.45, 7) is 4.21. The molecular weight excluding hydrogens is 436 g/mol. The Morgan fingerprint density at radius 3 is 2.64 bits per heavy atom. The lowest BCUT2D eigenvalue weighted by Gasteiger charge is -2.50. The highest BCUT2D eigenvalue weighted by Crippen LogP contribution is 2.60. The molecule has 1 fully saturated rings. The molecule has 6 nitrogen and oxygen atoms in total. The van der Waals surface area contributed by atoms with E-state index in [4.69, 9.17) is 4.74 Å². The minimum absolute atomic E-state index is 0.0878. The Kier molecular flexibility index (Phi) is 5.45. The highest BCUT2D eigenvalue weighted by molar-refractivity contribution is 7.89. The van der Waals surface area contributed by atoms with Crippen LogP contribution < -0.4 is 15.0 Å². The molecule has 0 aromatic heterocycles. The van der Waals surface area contributed by atoms with Gasteiger partial charge in [-0.15, -0.1) is 4.83 Å². The lowest BCUT2D eigenvalue weighted by Crippen LogP contribution is -2.46. The Labute approximate surface area is 196 Å². The van der Waals surface area contributed by atoms with Crippen molar-refractivity contribution in [2.45, 2.75) is 56.8 Å². The van der Waals surface area contributed by atoms with Crippen LogP contribution in [0.3, 0.4) is 0 Å². The maximum Gasteiger partial charge on any atom is 0.257 e. The zero-order valence-corrected chi connectivity index (χ0v) is 20.2. The van der Waals surface area contributed by atoms with Crippen LogP contribution in [0.1, 0.15) is 55.2 Å². The molecule has 3 N–H and O–H groups in total. The van der Waals surface area contributed by atoms with E-state index in [1.807, 2.05) is 19.1 Å². The zero-order chi connectivity index (χ0) is 23.4. The Balaban J connectivity index is 1.34. The number of aryl methyl sites for hydroxylation is 2. The number of hydrogen-bond donors (Lipinski definition) is 3. The fourth-order valence-corrected chi connectivity index (χ4v) is 7.27. The van der Waals surface area contributed by atoms with E-state index in [2.05, 4.69) is 23.3 Å². The van der Waals surface area contributed by atoms with E-state index in [0.717, 1.165) is 43.4 Å². The number of phenolic OH excluding ortho intramolecular Hbond substituents is 1. The van der Waals surface area contributed by atoms with Crippen molar-refractivity contribution in [1.29, 1.82) is 0 Å². The summed E-state index contributed by atoms with van der Waals surface area (Å²) in [5.74, 6) is 2.18. The monoisotopic (exact) mass is 468 g/mol. The average molecular weight is 469 g/mol. The number of sulfonamides is 1. The van der Waals surface area contributed by atoms with E-state index in [1.165, 1.54) is 11.1 Å². The summed E-state index contributed by atoms with van der Waals surface area (Å²) in [6.07, 6.45) is 7.16. The summed E-state index contributed by atoms with van der Waals surface area (Å²) >= 11 is 0. The van der Waals surface area contributed by atoms with Gasteiger partial charge in [-0.05, 0) is 92.2 Å². The fourth-order valence-electron chi connectivity index (χ4n) is 6.41. The molecule has 0 bridgehead atoms. The van der Waals surface area contributed by atoms with Crippen molar-refractivity contribution in [3.05, 3.63) is 64.9 Å². The number of benzene rings is 2. The molecule has 33 heavy (non-hydrogen) atoms. The van der Waals surface area contributed by atoms with Gasteiger partial charge in [-0.25, -0.2) is 8.42 Å². The molecule has 3 aliphatic carbocycles. The predicted molar refractivity (Wildman–Crippen MR) is 127 cm³/mol. The van der Waals surface area contributed by atoms with Crippen molar-refractivity contribution >= 4 is 10.0 Å². The first kappa shape index (κ1) is 22.3. The molecule has 0 unspecified atom stereocenters. The molecule has 5 rings (SSSR count). The van der Waals surface area contributed by atoms with Crippen molar-refractivity contribution in [1.82, 2.24) is 10.3 Å². The maximum atomic E-state index is 12.8. The quantitative estimate of drug-likeness (QED) is 0.561. The number of allylic oxidation sites excluding steroid dienone is 2. The number of hydrogen-bond acceptors (Lipinski definition) is 5. The molecule has 3 aliphatic rings. The lowest BCUT2D eigenvalue weighted by atomic mass is 9.55. The number of hydrazine groups is 1. The van der Waals surface area contributed by atoms with Gasteiger partial charge in [0, 0.05) is 11.1 Å². The normalized spacial score (nSPS) is 28.3. The standard InChI is InChI=1S/C26H32N2O4S/c1-16-4-7-18(8-5-16)33(30,31)28-27-25-11-10-22-20-9-6-17-14-23(29)24(32-3)15-21(17)19(20)12-13-26(22,25)2/h4-5,7-8,11,14-15,19-20,22,27-29H,6,9-10,12-13H2,1-3H3/t19-,20+,22-,26-/m0/s1. The van der Waals surface area contributed by atoms with Gasteiger partial charge in [0.15, 0.2) is 11.5 Å². The first-order valence-electron chi connectivity index (χ1n) is 11.7. The minimum atomic E-state index is -3.64. The molecule has 176 valence electrons. The van der Waals surface area contributed by atoms with Gasteiger partial charge >= 0.3 is 0 Å². The predicted octanol–water partition coefficient (Wildman–Crippen LogP) is 4.54. The van der Waals surface area contributed by atoms with Crippen LogP contribution in [0.15, 0.2) is 53.1 Å². The highest BCUT2D eigenvalue weighted by Gasteiger charge is 2.52. The van der Waals surface area contributed by atoms with Gasteiger partial charge in [0.2, 0.25) is 0 Å². The average Bonchev–Trinajstić information content (AvgIpc) is 3.13. The van der Waals surface area contributed by atoms with Gasteiger partial charge in [-0.2, -0.15) is 0 Å². The number of nitrogens with one attached hydrogen (secondary N) is 2. The van der Waals surface area contributed by atoms with E-state index in [-0.39, 0.29) is 16.1 Å². The number of aromatic hydroxyl groups is 1. The second-order valence-electron chi connectivity index (χ2n) is 9.99. The first-order valence-corrected chi connectivity index (χ1v) is 13.2. The molecule has 0 aliphatic heterocycles. The van der Waals surface area contributed by atoms with Gasteiger partial charge in [-0.1, -0.05) is 30.7 Å². The second-order valence-corrected chi connectivity index (χ2v) is 11.7. The molecule has 0 radical (unpaired) electrons. The van der Waals surface area contributed by atoms with E-state index < -0.39 is 10.0 Å². The second kappa shape index (κ2) is 8.06. The van der Waals surface area contributed by atoms with Crippen LogP contribution in [0.4, 0.5) is 0 Å². The third-order valence-corrected chi connectivity index (χ3v) is 9.52. The summed E-state index contributed by atoms with van der Waals surface area (Å²) < 4.78 is 31.0. The van der Waals surface area contributed by atoms with Gasteiger partial charge in [0.05, 0.1) is 12.0 Å². The highest BCUT2D eigenvalue weighted by atomic mass is 32.2. The van der Waals surface area contributed by atoms with Gasteiger partial charge in [0.1, 0.15) is 0 Å². The third kappa shape index (κ3) is 3.71. The van der Waals surface area contributed by atoms with Crippen LogP contribution in [-0.2, 0) is 16.4 Å². The Morgan fingerprint density at radius 2 is 1.91 bits per heavy atom. The number of ether oxygens (including phenoxy) is 1. The molecular formula is C26H32N2O4S. The third-order valence-electron chi connectivity index (χ3n) is 8.26. The van der Waals surface area contributed by atoms with Gasteiger partial charge in [0.25, 0.3) is 10.0 Å². The SMILES string of the molecule is COc1cc2c(cc1O)CC[C@@H]1[C@@H]2CC[C@]2(C)C(NNS(=O)(=O)c3ccc(C)cc3)=CC[C@@H]12. The molecule has 7 heteroatoms. The van der Waals surface area contributed by atoms with Gasteiger partial charge in [-0.3, -0.25) is 0 Å². The van der Waals surface area contributed by atoms with E-state index in [0.29, 0.717) is 23.5 Å². The largest absolute Gasteiger partial charge is 0.504 e. The molecule has 0 saturated heterocycles. The summed E-state index contributed by atoms with van der Waals surface area (Å²) in [5, 5.41) is 10.2. The molecule has 0 spiro atoms.